The Morgan fingerprint density at radius 2 is 2.28 bits per heavy atom. The van der Waals surface area contributed by atoms with E-state index >= 15 is 0 Å². The highest BCUT2D eigenvalue weighted by Crippen LogP contribution is 2.26. The molecule has 0 spiro atoms. The maximum absolute atomic E-state index is 5.50. The van der Waals surface area contributed by atoms with Crippen molar-refractivity contribution in [2.24, 2.45) is 0 Å². The Hall–Kier alpha value is -1.74. The Labute approximate surface area is 107 Å². The van der Waals surface area contributed by atoms with E-state index in [0.717, 1.165) is 31.1 Å². The molecule has 0 aliphatic carbocycles. The minimum Gasteiger partial charge on any atom is -0.493 e. The number of furan rings is 1. The quantitative estimate of drug-likeness (QED) is 0.896. The smallest absolute Gasteiger partial charge is 0.122 e. The average molecular weight is 243 g/mol. The third-order valence-electron chi connectivity index (χ3n) is 3.34. The predicted octanol–water partition coefficient (Wildman–Crippen LogP) is 3.07. The molecule has 0 saturated heterocycles. The Balaban J connectivity index is 1.63. The number of fused-ring (bicyclic) bond motifs is 1. The highest BCUT2D eigenvalue weighted by molar-refractivity contribution is 5.39. The summed E-state index contributed by atoms with van der Waals surface area (Å²) in [6.45, 7) is 3.76. The number of hydrogen-bond donors (Lipinski definition) is 1. The second-order valence-corrected chi connectivity index (χ2v) is 4.66. The molecule has 1 atom stereocenters. The van der Waals surface area contributed by atoms with Crippen molar-refractivity contribution in [1.82, 2.24) is 5.32 Å². The molecule has 3 rings (SSSR count). The van der Waals surface area contributed by atoms with Gasteiger partial charge in [-0.2, -0.15) is 0 Å². The van der Waals surface area contributed by atoms with Gasteiger partial charge in [0.2, 0.25) is 0 Å². The minimum absolute atomic E-state index is 0.226. The molecule has 3 nitrogen and oxygen atoms in total. The van der Waals surface area contributed by atoms with E-state index in [1.165, 1.54) is 11.1 Å². The van der Waals surface area contributed by atoms with Gasteiger partial charge in [-0.3, -0.25) is 0 Å². The van der Waals surface area contributed by atoms with E-state index in [9.17, 15) is 0 Å². The first-order valence-corrected chi connectivity index (χ1v) is 6.34. The number of hydrogen-bond acceptors (Lipinski definition) is 3. The molecule has 1 aliphatic rings. The third-order valence-corrected chi connectivity index (χ3v) is 3.34. The highest BCUT2D eigenvalue weighted by Gasteiger charge is 2.12. The van der Waals surface area contributed by atoms with E-state index in [4.69, 9.17) is 9.15 Å². The summed E-state index contributed by atoms with van der Waals surface area (Å²) in [5.41, 5.74) is 2.61. The fourth-order valence-corrected chi connectivity index (χ4v) is 2.26. The molecule has 18 heavy (non-hydrogen) atoms. The average Bonchev–Trinajstić information content (AvgIpc) is 3.05. The number of nitrogens with one attached hydrogen (secondary N) is 1. The molecule has 0 bridgehead atoms. The van der Waals surface area contributed by atoms with Crippen LogP contribution in [0, 0.1) is 0 Å². The van der Waals surface area contributed by atoms with Crippen LogP contribution in [0.2, 0.25) is 0 Å². The molecule has 0 radical (unpaired) electrons. The first-order chi connectivity index (χ1) is 8.83. The van der Waals surface area contributed by atoms with Crippen molar-refractivity contribution in [3.05, 3.63) is 53.5 Å². The van der Waals surface area contributed by atoms with Gasteiger partial charge in [0.05, 0.1) is 18.9 Å². The molecule has 1 aromatic carbocycles. The third kappa shape index (κ3) is 2.27. The maximum atomic E-state index is 5.50. The lowest BCUT2D eigenvalue weighted by molar-refractivity contribution is 0.357. The van der Waals surface area contributed by atoms with Crippen molar-refractivity contribution < 1.29 is 9.15 Å². The van der Waals surface area contributed by atoms with Gasteiger partial charge in [-0.25, -0.2) is 0 Å². The zero-order valence-corrected chi connectivity index (χ0v) is 10.5. The Bertz CT molecular complexity index is 519. The van der Waals surface area contributed by atoms with Crippen molar-refractivity contribution in [2.75, 3.05) is 6.61 Å². The van der Waals surface area contributed by atoms with Crippen molar-refractivity contribution in [1.29, 1.82) is 0 Å². The zero-order chi connectivity index (χ0) is 12.4. The van der Waals surface area contributed by atoms with Gasteiger partial charge in [0.15, 0.2) is 0 Å². The van der Waals surface area contributed by atoms with Gasteiger partial charge in [-0.15, -0.1) is 0 Å². The summed E-state index contributed by atoms with van der Waals surface area (Å²) in [5, 5.41) is 3.46. The first-order valence-electron chi connectivity index (χ1n) is 6.34. The van der Waals surface area contributed by atoms with Crippen molar-refractivity contribution in [3.63, 3.8) is 0 Å². The van der Waals surface area contributed by atoms with Crippen LogP contribution in [0.3, 0.4) is 0 Å². The molecular formula is C15H17NO2. The number of rotatable bonds is 4. The largest absolute Gasteiger partial charge is 0.493 e. The van der Waals surface area contributed by atoms with Crippen LogP contribution in [-0.4, -0.2) is 6.61 Å². The van der Waals surface area contributed by atoms with Gasteiger partial charge < -0.3 is 14.5 Å². The van der Waals surface area contributed by atoms with Crippen LogP contribution in [0.15, 0.2) is 41.0 Å². The number of ether oxygens (including phenoxy) is 1. The molecule has 2 aromatic rings. The van der Waals surface area contributed by atoms with E-state index in [-0.39, 0.29) is 6.04 Å². The summed E-state index contributed by atoms with van der Waals surface area (Å²) in [4.78, 5) is 0. The van der Waals surface area contributed by atoms with Gasteiger partial charge in [0, 0.05) is 13.0 Å². The van der Waals surface area contributed by atoms with Crippen LogP contribution < -0.4 is 10.1 Å². The second kappa shape index (κ2) is 4.86. The Kier molecular flexibility index (Phi) is 3.07. The molecule has 2 heterocycles. The lowest BCUT2D eigenvalue weighted by atomic mass is 10.1. The molecule has 0 amide bonds. The van der Waals surface area contributed by atoms with E-state index < -0.39 is 0 Å². The molecule has 0 saturated carbocycles. The summed E-state index contributed by atoms with van der Waals surface area (Å²) in [7, 11) is 0. The van der Waals surface area contributed by atoms with Crippen molar-refractivity contribution >= 4 is 0 Å². The van der Waals surface area contributed by atoms with Crippen LogP contribution in [0.25, 0.3) is 0 Å². The predicted molar refractivity (Wildman–Crippen MR) is 69.6 cm³/mol. The maximum Gasteiger partial charge on any atom is 0.122 e. The molecule has 3 heteroatoms. The fraction of sp³-hybridized carbons (Fsp3) is 0.333. The summed E-state index contributed by atoms with van der Waals surface area (Å²) < 4.78 is 10.9. The van der Waals surface area contributed by atoms with Crippen molar-refractivity contribution in [3.8, 4) is 5.75 Å². The lowest BCUT2D eigenvalue weighted by Crippen LogP contribution is -2.17. The Morgan fingerprint density at radius 3 is 3.11 bits per heavy atom. The molecule has 1 aliphatic heterocycles. The Morgan fingerprint density at radius 1 is 1.33 bits per heavy atom. The van der Waals surface area contributed by atoms with Crippen LogP contribution >= 0.6 is 0 Å². The van der Waals surface area contributed by atoms with Gasteiger partial charge >= 0.3 is 0 Å². The molecular weight excluding hydrogens is 226 g/mol. The normalized spacial score (nSPS) is 15.2. The molecule has 1 N–H and O–H groups in total. The summed E-state index contributed by atoms with van der Waals surface area (Å²) >= 11 is 0. The number of benzene rings is 1. The SMILES string of the molecule is CC(NCc1ccc2c(c1)CCO2)c1ccco1. The second-order valence-electron chi connectivity index (χ2n) is 4.66. The zero-order valence-electron chi connectivity index (χ0n) is 10.5. The van der Waals surface area contributed by atoms with Crippen LogP contribution in [0.5, 0.6) is 5.75 Å². The summed E-state index contributed by atoms with van der Waals surface area (Å²) in [6, 6.07) is 10.5. The minimum atomic E-state index is 0.226. The van der Waals surface area contributed by atoms with E-state index in [2.05, 4.69) is 30.4 Å². The van der Waals surface area contributed by atoms with E-state index in [1.807, 2.05) is 12.1 Å². The van der Waals surface area contributed by atoms with Crippen LogP contribution in [0.1, 0.15) is 29.9 Å². The first kappa shape index (κ1) is 11.4. The molecule has 94 valence electrons. The topological polar surface area (TPSA) is 34.4 Å². The fourth-order valence-electron chi connectivity index (χ4n) is 2.26. The summed E-state index contributed by atoms with van der Waals surface area (Å²) in [6.07, 6.45) is 2.73. The van der Waals surface area contributed by atoms with E-state index in [0.29, 0.717) is 0 Å². The standard InChI is InChI=1S/C15H17NO2/c1-11(14-3-2-7-17-14)16-10-12-4-5-15-13(9-12)6-8-18-15/h2-5,7,9,11,16H,6,8,10H2,1H3. The van der Waals surface area contributed by atoms with E-state index in [1.54, 1.807) is 6.26 Å². The summed E-state index contributed by atoms with van der Waals surface area (Å²) in [5.74, 6) is 2.01. The lowest BCUT2D eigenvalue weighted by Gasteiger charge is -2.11. The van der Waals surface area contributed by atoms with Gasteiger partial charge in [-0.1, -0.05) is 12.1 Å². The van der Waals surface area contributed by atoms with Gasteiger partial charge in [0.25, 0.3) is 0 Å². The van der Waals surface area contributed by atoms with Crippen LogP contribution in [0.4, 0.5) is 0 Å². The van der Waals surface area contributed by atoms with Crippen LogP contribution in [-0.2, 0) is 13.0 Å². The monoisotopic (exact) mass is 243 g/mol. The molecule has 1 aromatic heterocycles. The molecule has 1 unspecified atom stereocenters. The highest BCUT2D eigenvalue weighted by atomic mass is 16.5. The molecule has 0 fully saturated rings. The van der Waals surface area contributed by atoms with Gasteiger partial charge in [-0.05, 0) is 36.2 Å². The van der Waals surface area contributed by atoms with Crippen molar-refractivity contribution in [2.45, 2.75) is 25.9 Å². The van der Waals surface area contributed by atoms with Gasteiger partial charge in [0.1, 0.15) is 11.5 Å².